The third kappa shape index (κ3) is 5.25. The van der Waals surface area contributed by atoms with Crippen LogP contribution in [0.2, 0.25) is 5.02 Å². The van der Waals surface area contributed by atoms with Crippen molar-refractivity contribution in [3.05, 3.63) is 89.5 Å². The largest absolute Gasteiger partial charge is 0.497 e. The van der Waals surface area contributed by atoms with Crippen LogP contribution in [0.3, 0.4) is 0 Å². The van der Waals surface area contributed by atoms with Gasteiger partial charge in [0.2, 0.25) is 0 Å². The summed E-state index contributed by atoms with van der Waals surface area (Å²) in [5, 5.41) is 0.390. The quantitative estimate of drug-likeness (QED) is 0.477. The standard InChI is InChI=1S/C23H20ClNO5S/c1-29-20-10-3-17(4-11-20)5-16-23(26)25(19-8-12-21(30-2)13-9-19)31(27,28)22-14-6-18(24)7-15-22/h3-16H,1-2H3/b16-5+. The van der Waals surface area contributed by atoms with Gasteiger partial charge < -0.3 is 9.47 Å². The first-order valence-electron chi connectivity index (χ1n) is 9.16. The van der Waals surface area contributed by atoms with Crippen molar-refractivity contribution in [3.8, 4) is 11.5 Å². The maximum Gasteiger partial charge on any atom is 0.271 e. The lowest BCUT2D eigenvalue weighted by molar-refractivity contribution is -0.113. The first-order valence-corrected chi connectivity index (χ1v) is 11.0. The maximum atomic E-state index is 13.3. The molecule has 0 fully saturated rings. The number of nitrogens with zero attached hydrogens (tertiary/aromatic N) is 1. The highest BCUT2D eigenvalue weighted by molar-refractivity contribution is 7.93. The van der Waals surface area contributed by atoms with Crippen LogP contribution in [-0.4, -0.2) is 28.5 Å². The van der Waals surface area contributed by atoms with Gasteiger partial charge in [-0.3, -0.25) is 4.79 Å². The lowest BCUT2D eigenvalue weighted by atomic mass is 10.2. The Morgan fingerprint density at radius 2 is 1.35 bits per heavy atom. The average Bonchev–Trinajstić information content (AvgIpc) is 2.79. The zero-order valence-corrected chi connectivity index (χ0v) is 18.4. The van der Waals surface area contributed by atoms with Crippen LogP contribution in [0.25, 0.3) is 6.08 Å². The van der Waals surface area contributed by atoms with E-state index in [-0.39, 0.29) is 10.6 Å². The Hall–Kier alpha value is -3.29. The second kappa shape index (κ2) is 9.68. The van der Waals surface area contributed by atoms with Gasteiger partial charge >= 0.3 is 0 Å². The van der Waals surface area contributed by atoms with Crippen LogP contribution < -0.4 is 13.8 Å². The Morgan fingerprint density at radius 1 is 0.839 bits per heavy atom. The van der Waals surface area contributed by atoms with E-state index < -0.39 is 15.9 Å². The van der Waals surface area contributed by atoms with E-state index in [4.69, 9.17) is 21.1 Å². The molecular weight excluding hydrogens is 438 g/mol. The van der Waals surface area contributed by atoms with Gasteiger partial charge in [0.05, 0.1) is 24.8 Å². The van der Waals surface area contributed by atoms with Crippen LogP contribution in [0.5, 0.6) is 11.5 Å². The van der Waals surface area contributed by atoms with Crippen molar-refractivity contribution in [2.45, 2.75) is 4.90 Å². The summed E-state index contributed by atoms with van der Waals surface area (Å²) in [6.07, 6.45) is 2.75. The Bertz CT molecular complexity index is 1170. The molecule has 0 radical (unpaired) electrons. The minimum atomic E-state index is -4.19. The van der Waals surface area contributed by atoms with Crippen LogP contribution in [0, 0.1) is 0 Å². The van der Waals surface area contributed by atoms with Gasteiger partial charge in [0.15, 0.2) is 0 Å². The van der Waals surface area contributed by atoms with Crippen LogP contribution in [0.4, 0.5) is 5.69 Å². The van der Waals surface area contributed by atoms with E-state index in [0.717, 1.165) is 4.31 Å². The van der Waals surface area contributed by atoms with Crippen molar-refractivity contribution in [2.75, 3.05) is 18.5 Å². The predicted octanol–water partition coefficient (Wildman–Crippen LogP) is 4.79. The monoisotopic (exact) mass is 457 g/mol. The molecule has 3 aromatic rings. The Morgan fingerprint density at radius 3 is 1.87 bits per heavy atom. The average molecular weight is 458 g/mol. The number of anilines is 1. The van der Waals surface area contributed by atoms with Crippen molar-refractivity contribution >= 4 is 39.3 Å². The van der Waals surface area contributed by atoms with E-state index in [1.54, 1.807) is 43.5 Å². The zero-order valence-electron chi connectivity index (χ0n) is 16.9. The smallest absolute Gasteiger partial charge is 0.271 e. The van der Waals surface area contributed by atoms with Gasteiger partial charge in [-0.05, 0) is 72.3 Å². The number of carbonyl (C=O) groups excluding carboxylic acids is 1. The summed E-state index contributed by atoms with van der Waals surface area (Å²) in [5.41, 5.74) is 0.896. The number of halogens is 1. The zero-order chi connectivity index (χ0) is 22.4. The second-order valence-electron chi connectivity index (χ2n) is 6.37. The normalized spacial score (nSPS) is 11.3. The SMILES string of the molecule is COc1ccc(/C=C/C(=O)N(c2ccc(OC)cc2)S(=O)(=O)c2ccc(Cl)cc2)cc1. The second-order valence-corrected chi connectivity index (χ2v) is 8.59. The van der Waals surface area contributed by atoms with Gasteiger partial charge in [0.1, 0.15) is 11.5 Å². The first-order chi connectivity index (χ1) is 14.8. The lowest BCUT2D eigenvalue weighted by Gasteiger charge is -2.21. The summed E-state index contributed by atoms with van der Waals surface area (Å²) in [5.74, 6) is 0.485. The van der Waals surface area contributed by atoms with Gasteiger partial charge in [0.25, 0.3) is 15.9 Å². The molecule has 0 unspecified atom stereocenters. The molecule has 0 saturated heterocycles. The molecule has 3 aromatic carbocycles. The van der Waals surface area contributed by atoms with E-state index in [1.165, 1.54) is 55.7 Å². The molecule has 0 aliphatic carbocycles. The Labute approximate surface area is 186 Å². The fraction of sp³-hybridized carbons (Fsp3) is 0.0870. The third-order valence-electron chi connectivity index (χ3n) is 4.39. The van der Waals surface area contributed by atoms with Crippen molar-refractivity contribution in [1.29, 1.82) is 0 Å². The molecule has 0 atom stereocenters. The molecule has 0 aliphatic rings. The highest BCUT2D eigenvalue weighted by atomic mass is 35.5. The molecule has 0 N–H and O–H groups in total. The molecular formula is C23H20ClNO5S. The minimum absolute atomic E-state index is 0.0566. The summed E-state index contributed by atoms with van der Waals surface area (Å²) in [6, 6.07) is 18.8. The van der Waals surface area contributed by atoms with E-state index in [9.17, 15) is 13.2 Å². The molecule has 3 rings (SSSR count). The Kier molecular flexibility index (Phi) is 6.99. The first kappa shape index (κ1) is 22.4. The number of benzene rings is 3. The van der Waals surface area contributed by atoms with Crippen molar-refractivity contribution in [3.63, 3.8) is 0 Å². The molecule has 1 amide bonds. The predicted molar refractivity (Wildman–Crippen MR) is 121 cm³/mol. The van der Waals surface area contributed by atoms with E-state index in [0.29, 0.717) is 22.1 Å². The molecule has 0 spiro atoms. The lowest BCUT2D eigenvalue weighted by Crippen LogP contribution is -2.35. The fourth-order valence-electron chi connectivity index (χ4n) is 2.76. The van der Waals surface area contributed by atoms with Gasteiger partial charge in [-0.15, -0.1) is 0 Å². The van der Waals surface area contributed by atoms with Crippen LogP contribution in [0.15, 0.2) is 83.8 Å². The number of carbonyl (C=O) groups is 1. The number of hydrogen-bond acceptors (Lipinski definition) is 5. The fourth-order valence-corrected chi connectivity index (χ4v) is 4.28. The van der Waals surface area contributed by atoms with Crippen LogP contribution in [-0.2, 0) is 14.8 Å². The van der Waals surface area contributed by atoms with E-state index in [1.807, 2.05) is 0 Å². The molecule has 0 heterocycles. The molecule has 160 valence electrons. The molecule has 31 heavy (non-hydrogen) atoms. The summed E-state index contributed by atoms with van der Waals surface area (Å²) in [4.78, 5) is 13.0. The topological polar surface area (TPSA) is 72.9 Å². The summed E-state index contributed by atoms with van der Waals surface area (Å²) in [6.45, 7) is 0. The number of rotatable bonds is 7. The number of methoxy groups -OCH3 is 2. The molecule has 0 saturated carbocycles. The maximum absolute atomic E-state index is 13.3. The number of amides is 1. The van der Waals surface area contributed by atoms with E-state index in [2.05, 4.69) is 0 Å². The van der Waals surface area contributed by atoms with Gasteiger partial charge in [-0.2, -0.15) is 4.31 Å². The number of hydrogen-bond donors (Lipinski definition) is 0. The summed E-state index contributed by atoms with van der Waals surface area (Å²) >= 11 is 5.88. The van der Waals surface area contributed by atoms with E-state index >= 15 is 0 Å². The molecule has 0 aliphatic heterocycles. The number of ether oxygens (including phenoxy) is 2. The van der Waals surface area contributed by atoms with Crippen molar-refractivity contribution in [2.24, 2.45) is 0 Å². The molecule has 0 bridgehead atoms. The molecule has 0 aromatic heterocycles. The van der Waals surface area contributed by atoms with Crippen molar-refractivity contribution in [1.82, 2.24) is 0 Å². The molecule has 8 heteroatoms. The third-order valence-corrected chi connectivity index (χ3v) is 6.38. The van der Waals surface area contributed by atoms with Gasteiger partial charge in [-0.25, -0.2) is 8.42 Å². The van der Waals surface area contributed by atoms with Crippen molar-refractivity contribution < 1.29 is 22.7 Å². The highest BCUT2D eigenvalue weighted by Crippen LogP contribution is 2.27. The summed E-state index contributed by atoms with van der Waals surface area (Å²) < 4.78 is 37.6. The van der Waals surface area contributed by atoms with Gasteiger partial charge in [0, 0.05) is 11.1 Å². The number of sulfonamides is 1. The Balaban J connectivity index is 2.00. The minimum Gasteiger partial charge on any atom is -0.497 e. The van der Waals surface area contributed by atoms with Gasteiger partial charge in [-0.1, -0.05) is 23.7 Å². The highest BCUT2D eigenvalue weighted by Gasteiger charge is 2.29. The van der Waals surface area contributed by atoms with Crippen LogP contribution in [0.1, 0.15) is 5.56 Å². The molecule has 6 nitrogen and oxygen atoms in total. The van der Waals surface area contributed by atoms with Crippen LogP contribution >= 0.6 is 11.6 Å². The summed E-state index contributed by atoms with van der Waals surface area (Å²) in [7, 11) is -1.13.